The molecule has 0 saturated carbocycles. The molecule has 0 fully saturated rings. The first-order valence-corrected chi connectivity index (χ1v) is 13.5. The molecule has 38 heavy (non-hydrogen) atoms. The summed E-state index contributed by atoms with van der Waals surface area (Å²) in [6.07, 6.45) is 2.40. The summed E-state index contributed by atoms with van der Waals surface area (Å²) in [6.45, 7) is -0.816. The third-order valence-corrected chi connectivity index (χ3v) is 9.18. The Bertz CT molecular complexity index is 1640. The van der Waals surface area contributed by atoms with Gasteiger partial charge in [-0.3, -0.25) is 4.79 Å². The van der Waals surface area contributed by atoms with Crippen LogP contribution in [0.1, 0.15) is 22.5 Å². The Morgan fingerprint density at radius 2 is 1.63 bits per heavy atom. The van der Waals surface area contributed by atoms with E-state index in [-0.39, 0.29) is 12.0 Å². The molecule has 1 aromatic heterocycles. The zero-order valence-electron chi connectivity index (χ0n) is 20.6. The number of aliphatic carboxylic acids is 1. The quantitative estimate of drug-likeness (QED) is 0.322. The third-order valence-electron chi connectivity index (χ3n) is 6.81. The van der Waals surface area contributed by atoms with Crippen molar-refractivity contribution in [3.05, 3.63) is 126 Å². The van der Waals surface area contributed by atoms with Crippen molar-refractivity contribution in [3.8, 4) is 0 Å². The van der Waals surface area contributed by atoms with E-state index >= 15 is 4.39 Å². The van der Waals surface area contributed by atoms with Crippen LogP contribution in [-0.4, -0.2) is 43.6 Å². The Morgan fingerprint density at radius 1 is 1.00 bits per heavy atom. The lowest BCUT2D eigenvalue weighted by atomic mass is 9.83. The molecule has 3 aromatic carbocycles. The first kappa shape index (κ1) is 25.6. The predicted molar refractivity (Wildman–Crippen MR) is 145 cm³/mol. The second-order valence-corrected chi connectivity index (χ2v) is 11.5. The van der Waals surface area contributed by atoms with Crippen molar-refractivity contribution in [2.24, 2.45) is 0 Å². The van der Waals surface area contributed by atoms with Crippen LogP contribution >= 0.6 is 0 Å². The SMILES string of the molecule is CN(CC(=O)O)S(=O)(=O)C1(c2c(Cc3ccccc3)oc3ccccc23)C=CC(c2ccccc2)=CC1F. The number of fused-ring (bicyclic) bond motifs is 1. The number of hydrogen-bond acceptors (Lipinski definition) is 4. The van der Waals surface area contributed by atoms with Gasteiger partial charge in [-0.05, 0) is 28.8 Å². The number of hydrogen-bond donors (Lipinski definition) is 1. The normalized spacial score (nSPS) is 19.6. The van der Waals surface area contributed by atoms with Gasteiger partial charge in [-0.15, -0.1) is 0 Å². The van der Waals surface area contributed by atoms with Crippen LogP contribution in [0.15, 0.2) is 108 Å². The van der Waals surface area contributed by atoms with E-state index in [0.29, 0.717) is 26.6 Å². The van der Waals surface area contributed by atoms with Gasteiger partial charge in [0.15, 0.2) is 4.75 Å². The molecule has 0 radical (unpaired) electrons. The summed E-state index contributed by atoms with van der Waals surface area (Å²) in [5.74, 6) is -1.04. The molecule has 194 valence electrons. The van der Waals surface area contributed by atoms with E-state index in [1.165, 1.54) is 12.2 Å². The first-order valence-electron chi connectivity index (χ1n) is 12.1. The van der Waals surface area contributed by atoms with Crippen molar-refractivity contribution in [3.63, 3.8) is 0 Å². The molecule has 0 spiro atoms. The Kier molecular flexibility index (Phi) is 6.77. The fourth-order valence-electron chi connectivity index (χ4n) is 5.01. The highest BCUT2D eigenvalue weighted by atomic mass is 32.2. The molecule has 0 saturated heterocycles. The zero-order valence-corrected chi connectivity index (χ0v) is 21.4. The molecular weight excluding hydrogens is 505 g/mol. The number of carbonyl (C=O) groups is 1. The molecule has 1 aliphatic carbocycles. The predicted octanol–water partition coefficient (Wildman–Crippen LogP) is 5.56. The Hall–Kier alpha value is -4.01. The van der Waals surface area contributed by atoms with Gasteiger partial charge < -0.3 is 9.52 Å². The van der Waals surface area contributed by atoms with Gasteiger partial charge in [-0.2, -0.15) is 4.31 Å². The minimum atomic E-state index is -4.62. The number of carboxylic acids is 1. The highest BCUT2D eigenvalue weighted by molar-refractivity contribution is 7.90. The van der Waals surface area contributed by atoms with Gasteiger partial charge in [-0.25, -0.2) is 12.8 Å². The number of furan rings is 1. The minimum Gasteiger partial charge on any atom is -0.480 e. The van der Waals surface area contributed by atoms with E-state index in [1.807, 2.05) is 60.7 Å². The fraction of sp³-hybridized carbons (Fsp3) is 0.167. The lowest BCUT2D eigenvalue weighted by Crippen LogP contribution is -2.51. The lowest BCUT2D eigenvalue weighted by Gasteiger charge is -2.37. The molecule has 2 unspecified atom stereocenters. The fourth-order valence-corrected chi connectivity index (χ4v) is 6.88. The number of alkyl halides is 1. The average molecular weight is 532 g/mol. The number of halogens is 1. The van der Waals surface area contributed by atoms with Crippen molar-refractivity contribution >= 4 is 32.5 Å². The monoisotopic (exact) mass is 531 g/mol. The van der Waals surface area contributed by atoms with Gasteiger partial charge in [0.1, 0.15) is 24.1 Å². The van der Waals surface area contributed by atoms with Crippen molar-refractivity contribution in [1.82, 2.24) is 4.31 Å². The van der Waals surface area contributed by atoms with Gasteiger partial charge in [0, 0.05) is 24.4 Å². The van der Waals surface area contributed by atoms with Crippen LogP contribution in [0, 0.1) is 0 Å². The van der Waals surface area contributed by atoms with Crippen molar-refractivity contribution in [1.29, 1.82) is 0 Å². The molecule has 4 aromatic rings. The molecule has 0 aliphatic heterocycles. The van der Waals surface area contributed by atoms with E-state index in [1.54, 1.807) is 30.3 Å². The summed E-state index contributed by atoms with van der Waals surface area (Å²) in [7, 11) is -3.46. The van der Waals surface area contributed by atoms with Gasteiger partial charge in [0.2, 0.25) is 10.0 Å². The topological polar surface area (TPSA) is 87.8 Å². The number of sulfonamides is 1. The van der Waals surface area contributed by atoms with Crippen LogP contribution < -0.4 is 0 Å². The van der Waals surface area contributed by atoms with Crippen LogP contribution in [-0.2, 0) is 26.0 Å². The van der Waals surface area contributed by atoms with Gasteiger partial charge >= 0.3 is 5.97 Å². The Labute approximate surface area is 220 Å². The van der Waals surface area contributed by atoms with Crippen LogP contribution in [0.4, 0.5) is 4.39 Å². The van der Waals surface area contributed by atoms with Crippen LogP contribution in [0.5, 0.6) is 0 Å². The summed E-state index contributed by atoms with van der Waals surface area (Å²) in [6, 6.07) is 25.4. The molecule has 6 nitrogen and oxygen atoms in total. The van der Waals surface area contributed by atoms with Crippen molar-refractivity contribution in [2.45, 2.75) is 17.3 Å². The summed E-state index contributed by atoms with van der Waals surface area (Å²) in [5, 5.41) is 9.84. The maximum atomic E-state index is 16.7. The van der Waals surface area contributed by atoms with Crippen molar-refractivity contribution < 1.29 is 27.1 Å². The molecule has 0 bridgehead atoms. The number of allylic oxidation sites excluding steroid dienone is 3. The molecule has 5 rings (SSSR count). The summed E-state index contributed by atoms with van der Waals surface area (Å²) in [4.78, 5) is 11.5. The second kappa shape index (κ2) is 10.0. The summed E-state index contributed by atoms with van der Waals surface area (Å²) >= 11 is 0. The van der Waals surface area contributed by atoms with E-state index in [9.17, 15) is 18.3 Å². The maximum Gasteiger partial charge on any atom is 0.318 e. The van der Waals surface area contributed by atoms with Crippen LogP contribution in [0.2, 0.25) is 0 Å². The van der Waals surface area contributed by atoms with Crippen molar-refractivity contribution in [2.75, 3.05) is 13.6 Å². The summed E-state index contributed by atoms with van der Waals surface area (Å²) < 4.78 is 49.8. The highest BCUT2D eigenvalue weighted by Crippen LogP contribution is 2.49. The minimum absolute atomic E-state index is 0.168. The Morgan fingerprint density at radius 3 is 2.29 bits per heavy atom. The number of rotatable bonds is 8. The largest absolute Gasteiger partial charge is 0.480 e. The second-order valence-electron chi connectivity index (χ2n) is 9.23. The van der Waals surface area contributed by atoms with Gasteiger partial charge in [0.05, 0.1) is 0 Å². The number of benzene rings is 3. The molecule has 2 atom stereocenters. The van der Waals surface area contributed by atoms with E-state index in [4.69, 9.17) is 4.42 Å². The molecule has 8 heteroatoms. The zero-order chi connectivity index (χ0) is 26.9. The number of nitrogens with zero attached hydrogens (tertiary/aromatic N) is 1. The Balaban J connectivity index is 1.77. The number of likely N-dealkylation sites (N-methyl/N-ethyl adjacent to an activating group) is 1. The lowest BCUT2D eigenvalue weighted by molar-refractivity contribution is -0.137. The smallest absolute Gasteiger partial charge is 0.318 e. The van der Waals surface area contributed by atoms with Gasteiger partial charge in [0.25, 0.3) is 0 Å². The number of para-hydroxylation sites is 1. The van der Waals surface area contributed by atoms with Gasteiger partial charge in [-0.1, -0.05) is 91.0 Å². The number of carboxylic acid groups (broad SMARTS) is 1. The van der Waals surface area contributed by atoms with Crippen LogP contribution in [0.3, 0.4) is 0 Å². The maximum absolute atomic E-state index is 16.7. The summed E-state index contributed by atoms with van der Waals surface area (Å²) in [5.41, 5.74) is 2.71. The van der Waals surface area contributed by atoms with E-state index in [0.717, 1.165) is 18.2 Å². The molecule has 0 amide bonds. The van der Waals surface area contributed by atoms with Crippen LogP contribution in [0.25, 0.3) is 16.5 Å². The molecule has 1 N–H and O–H groups in total. The standard InChI is InChI=1S/C30H26FNO5S/c1-32(20-28(33)34)38(35,36)30(17-16-23(19-27(30)31)22-12-6-3-7-13-22)29-24-14-8-9-15-25(24)37-26(29)18-21-10-4-2-5-11-21/h2-17,19,27H,18,20H2,1H3,(H,33,34). The molecule has 1 aliphatic rings. The first-order chi connectivity index (χ1) is 18.2. The molecular formula is C30H26FNO5S. The highest BCUT2D eigenvalue weighted by Gasteiger charge is 2.56. The van der Waals surface area contributed by atoms with E-state index in [2.05, 4.69) is 0 Å². The third kappa shape index (κ3) is 4.36. The molecule has 1 heterocycles. The average Bonchev–Trinajstić information content (AvgIpc) is 3.27. The van der Waals surface area contributed by atoms with E-state index < -0.39 is 33.5 Å².